The van der Waals surface area contributed by atoms with Crippen molar-refractivity contribution in [2.24, 2.45) is 30.7 Å². The number of hydrogen-bond donors (Lipinski definition) is 0. The number of anilines is 1. The van der Waals surface area contributed by atoms with E-state index in [9.17, 15) is 0 Å². The fraction of sp³-hybridized carbons (Fsp3) is 0.257. The number of benzene rings is 4. The summed E-state index contributed by atoms with van der Waals surface area (Å²) in [5.74, 6) is 0. The van der Waals surface area contributed by atoms with Crippen LogP contribution in [0.3, 0.4) is 0 Å². The second-order valence-corrected chi connectivity index (χ2v) is 11.7. The second kappa shape index (κ2) is 14.1. The van der Waals surface area contributed by atoms with Gasteiger partial charge in [0.15, 0.2) is 0 Å². The van der Waals surface area contributed by atoms with Crippen molar-refractivity contribution in [1.82, 2.24) is 0 Å². The molecule has 1 saturated heterocycles. The third-order valence-electron chi connectivity index (χ3n) is 7.54. The summed E-state index contributed by atoms with van der Waals surface area (Å²) in [6.07, 6.45) is 7.35. The zero-order valence-electron chi connectivity index (χ0n) is 24.4. The molecular weight excluding hydrogens is 551 g/mol. The van der Waals surface area contributed by atoms with Crippen molar-refractivity contribution in [2.75, 3.05) is 18.0 Å². The van der Waals surface area contributed by atoms with Crippen LogP contribution in [0.4, 0.5) is 38.4 Å². The van der Waals surface area contributed by atoms with E-state index < -0.39 is 0 Å². The molecule has 5 aromatic rings. The van der Waals surface area contributed by atoms with Crippen LogP contribution in [0.25, 0.3) is 10.8 Å². The van der Waals surface area contributed by atoms with Crippen molar-refractivity contribution in [2.45, 2.75) is 45.4 Å². The van der Waals surface area contributed by atoms with Crippen LogP contribution in [0.15, 0.2) is 128 Å². The highest BCUT2D eigenvalue weighted by atomic mass is 32.1. The molecule has 0 N–H and O–H groups in total. The maximum absolute atomic E-state index is 4.61. The molecular formula is C35H35N7S. The van der Waals surface area contributed by atoms with E-state index >= 15 is 0 Å². The number of thiophene rings is 1. The van der Waals surface area contributed by atoms with E-state index in [-0.39, 0.29) is 0 Å². The molecule has 0 radical (unpaired) electrons. The minimum absolute atomic E-state index is 0.745. The Kier molecular flexibility index (Phi) is 9.34. The summed E-state index contributed by atoms with van der Waals surface area (Å²) in [4.78, 5) is 2.45. The fourth-order valence-electron chi connectivity index (χ4n) is 5.12. The summed E-state index contributed by atoms with van der Waals surface area (Å²) in [5, 5.41) is 31.1. The number of unbranched alkanes of at least 4 members (excludes halogenated alkanes) is 1. The van der Waals surface area contributed by atoms with E-state index in [2.05, 4.69) is 72.8 Å². The summed E-state index contributed by atoms with van der Waals surface area (Å²) >= 11 is 1.70. The van der Waals surface area contributed by atoms with Crippen molar-refractivity contribution >= 4 is 60.5 Å². The average molecular weight is 586 g/mol. The quantitative estimate of drug-likeness (QED) is 0.150. The molecule has 1 aromatic heterocycles. The van der Waals surface area contributed by atoms with Gasteiger partial charge in [0.2, 0.25) is 0 Å². The van der Waals surface area contributed by atoms with E-state index in [1.165, 1.54) is 42.7 Å². The minimum Gasteiger partial charge on any atom is -0.363 e. The molecule has 1 aliphatic rings. The van der Waals surface area contributed by atoms with Crippen molar-refractivity contribution in [3.05, 3.63) is 103 Å². The van der Waals surface area contributed by atoms with Gasteiger partial charge in [-0.1, -0.05) is 61.1 Å². The van der Waals surface area contributed by atoms with Gasteiger partial charge in [-0.05, 0) is 98.3 Å². The first-order valence-corrected chi connectivity index (χ1v) is 15.9. The summed E-state index contributed by atoms with van der Waals surface area (Å²) in [6.45, 7) is 4.46. The Morgan fingerprint density at radius 2 is 1.14 bits per heavy atom. The van der Waals surface area contributed by atoms with E-state index in [0.717, 1.165) is 63.7 Å². The SMILES string of the molecule is CCCCc1ccc(N=Nc2ccc(N=Nc3ccc(N=Nc4ccc(N5CCCCC5)s4)c4ccccc34)cc2)cc1. The lowest BCUT2D eigenvalue weighted by Gasteiger charge is -2.26. The largest absolute Gasteiger partial charge is 0.363 e. The van der Waals surface area contributed by atoms with E-state index in [4.69, 9.17) is 0 Å². The van der Waals surface area contributed by atoms with Gasteiger partial charge in [0.25, 0.3) is 0 Å². The lowest BCUT2D eigenvalue weighted by atomic mass is 10.1. The predicted octanol–water partition coefficient (Wildman–Crippen LogP) is 12.5. The molecule has 1 fully saturated rings. The molecule has 1 aliphatic heterocycles. The van der Waals surface area contributed by atoms with E-state index in [0.29, 0.717) is 0 Å². The van der Waals surface area contributed by atoms with Crippen LogP contribution >= 0.6 is 11.3 Å². The lowest BCUT2D eigenvalue weighted by Crippen LogP contribution is -2.28. The molecule has 0 aliphatic carbocycles. The number of fused-ring (bicyclic) bond motifs is 1. The topological polar surface area (TPSA) is 77.4 Å². The molecule has 0 saturated carbocycles. The first-order chi connectivity index (χ1) is 21.2. The van der Waals surface area contributed by atoms with Crippen molar-refractivity contribution in [3.8, 4) is 0 Å². The highest BCUT2D eigenvalue weighted by molar-refractivity contribution is 7.19. The summed E-state index contributed by atoms with van der Waals surface area (Å²) < 4.78 is 0. The monoisotopic (exact) mass is 585 g/mol. The highest BCUT2D eigenvalue weighted by Gasteiger charge is 2.13. The third-order valence-corrected chi connectivity index (χ3v) is 8.57. The van der Waals surface area contributed by atoms with Gasteiger partial charge in [0.05, 0.1) is 33.4 Å². The van der Waals surface area contributed by atoms with Crippen molar-refractivity contribution in [1.29, 1.82) is 0 Å². The van der Waals surface area contributed by atoms with Gasteiger partial charge in [-0.25, -0.2) is 0 Å². The Morgan fingerprint density at radius 3 is 1.74 bits per heavy atom. The van der Waals surface area contributed by atoms with Crippen LogP contribution in [-0.2, 0) is 6.42 Å². The maximum Gasteiger partial charge on any atom is 0.140 e. The van der Waals surface area contributed by atoms with E-state index in [1.807, 2.05) is 66.7 Å². The average Bonchev–Trinajstić information content (AvgIpc) is 3.55. The molecule has 43 heavy (non-hydrogen) atoms. The van der Waals surface area contributed by atoms with Crippen LogP contribution in [0.5, 0.6) is 0 Å². The lowest BCUT2D eigenvalue weighted by molar-refractivity contribution is 0.580. The molecule has 6 rings (SSSR count). The Bertz CT molecular complexity index is 1730. The summed E-state index contributed by atoms with van der Waals surface area (Å²) in [7, 11) is 0. The van der Waals surface area contributed by atoms with Gasteiger partial charge < -0.3 is 4.90 Å². The number of nitrogens with zero attached hydrogens (tertiary/aromatic N) is 7. The van der Waals surface area contributed by atoms with Gasteiger partial charge in [0.1, 0.15) is 5.00 Å². The van der Waals surface area contributed by atoms with Gasteiger partial charge in [0, 0.05) is 23.9 Å². The fourth-order valence-corrected chi connectivity index (χ4v) is 6.00. The van der Waals surface area contributed by atoms with Crippen LogP contribution < -0.4 is 4.90 Å². The predicted molar refractivity (Wildman–Crippen MR) is 178 cm³/mol. The highest BCUT2D eigenvalue weighted by Crippen LogP contribution is 2.38. The number of piperidine rings is 1. The Balaban J connectivity index is 1.13. The first kappa shape index (κ1) is 28.6. The van der Waals surface area contributed by atoms with Crippen LogP contribution in [0, 0.1) is 0 Å². The van der Waals surface area contributed by atoms with Crippen molar-refractivity contribution in [3.63, 3.8) is 0 Å². The maximum atomic E-state index is 4.61. The number of rotatable bonds is 10. The number of aryl methyl sites for hydroxylation is 1. The van der Waals surface area contributed by atoms with E-state index in [1.54, 1.807) is 11.3 Å². The standard InChI is InChI=1S/C35H35N7S/c1-2-3-9-26-12-14-27(15-13-26)36-37-28-16-18-29(19-17-28)38-39-32-20-21-33(31-11-6-5-10-30(31)32)40-41-34-22-23-35(43-34)42-24-7-4-8-25-42/h5-6,10-23H,2-4,7-9,24-25H2,1H3. The smallest absolute Gasteiger partial charge is 0.140 e. The second-order valence-electron chi connectivity index (χ2n) is 10.7. The molecule has 0 atom stereocenters. The normalized spacial score (nSPS) is 14.1. The zero-order chi connectivity index (χ0) is 29.3. The Morgan fingerprint density at radius 1 is 0.581 bits per heavy atom. The molecule has 216 valence electrons. The molecule has 0 amide bonds. The Hall–Kier alpha value is -4.56. The molecule has 0 unspecified atom stereocenters. The molecule has 8 heteroatoms. The van der Waals surface area contributed by atoms with Gasteiger partial charge in [-0.15, -0.1) is 15.3 Å². The molecule has 2 heterocycles. The molecule has 4 aromatic carbocycles. The van der Waals surface area contributed by atoms with Crippen molar-refractivity contribution < 1.29 is 0 Å². The van der Waals surface area contributed by atoms with Crippen LogP contribution in [-0.4, -0.2) is 13.1 Å². The molecule has 7 nitrogen and oxygen atoms in total. The van der Waals surface area contributed by atoms with Crippen LogP contribution in [0.1, 0.15) is 44.6 Å². The molecule has 0 spiro atoms. The summed E-state index contributed by atoms with van der Waals surface area (Å²) in [6, 6.07) is 32.1. The minimum atomic E-state index is 0.745. The summed E-state index contributed by atoms with van der Waals surface area (Å²) in [5.41, 5.74) is 5.29. The zero-order valence-corrected chi connectivity index (χ0v) is 25.2. The van der Waals surface area contributed by atoms with Crippen LogP contribution in [0.2, 0.25) is 0 Å². The van der Waals surface area contributed by atoms with Gasteiger partial charge in [-0.2, -0.15) is 15.3 Å². The number of hydrogen-bond acceptors (Lipinski definition) is 8. The van der Waals surface area contributed by atoms with Gasteiger partial charge >= 0.3 is 0 Å². The van der Waals surface area contributed by atoms with Gasteiger partial charge in [-0.3, -0.25) is 0 Å². The third kappa shape index (κ3) is 7.45. The number of azo groups is 3. The molecule has 0 bridgehead atoms. The first-order valence-electron chi connectivity index (χ1n) is 15.1. The Labute approximate surface area is 256 Å².